The average Bonchev–Trinajstić information content (AvgIpc) is 3.23. The number of nitrogens with zero attached hydrogens (tertiary/aromatic N) is 3. The smallest absolute Gasteiger partial charge is 0.174 e. The van der Waals surface area contributed by atoms with Gasteiger partial charge in [-0.2, -0.15) is 5.10 Å². The van der Waals surface area contributed by atoms with Gasteiger partial charge in [-0.3, -0.25) is 0 Å². The molecule has 0 atom stereocenters. The van der Waals surface area contributed by atoms with Crippen LogP contribution >= 0.6 is 0 Å². The molecule has 7 heteroatoms. The van der Waals surface area contributed by atoms with Gasteiger partial charge in [0, 0.05) is 18.4 Å². The molecular formula is C20H26N4O3. The first kappa shape index (κ1) is 17.9. The Labute approximate surface area is 158 Å². The number of ether oxygens (including phenoxy) is 3. The number of fused-ring (bicyclic) bond motifs is 1. The van der Waals surface area contributed by atoms with Gasteiger partial charge in [0.25, 0.3) is 0 Å². The van der Waals surface area contributed by atoms with E-state index in [0.717, 1.165) is 52.1 Å². The molecule has 2 aromatic heterocycles. The number of rotatable bonds is 9. The van der Waals surface area contributed by atoms with Gasteiger partial charge in [-0.05, 0) is 43.9 Å². The van der Waals surface area contributed by atoms with E-state index in [1.807, 2.05) is 23.7 Å². The fourth-order valence-corrected chi connectivity index (χ4v) is 3.34. The molecule has 1 fully saturated rings. The number of aromatic amines is 1. The molecule has 3 aromatic rings. The van der Waals surface area contributed by atoms with Gasteiger partial charge in [-0.15, -0.1) is 0 Å². The Morgan fingerprint density at radius 2 is 1.96 bits per heavy atom. The zero-order chi connectivity index (χ0) is 18.8. The zero-order valence-electron chi connectivity index (χ0n) is 16.1. The van der Waals surface area contributed by atoms with Crippen LogP contribution in [0.4, 0.5) is 0 Å². The molecule has 0 radical (unpaired) electrons. The van der Waals surface area contributed by atoms with Crippen molar-refractivity contribution < 1.29 is 14.2 Å². The fourth-order valence-electron chi connectivity index (χ4n) is 3.34. The normalized spacial score (nSPS) is 14.0. The van der Waals surface area contributed by atoms with Crippen molar-refractivity contribution in [3.8, 4) is 23.0 Å². The molecule has 7 nitrogen and oxygen atoms in total. The highest BCUT2D eigenvalue weighted by Gasteiger charge is 2.25. The van der Waals surface area contributed by atoms with E-state index < -0.39 is 0 Å². The number of H-pyrrole nitrogens is 1. The summed E-state index contributed by atoms with van der Waals surface area (Å²) < 4.78 is 18.5. The standard InChI is InChI=1S/C20H26N4O3/c1-4-27-10-9-24-20(22-18(23-24)11-13-5-6-13)15-12-14-16(25-2)7-8-17(26-3)19(14)21-15/h7-8,12-13,21H,4-6,9-11H2,1-3H3. The van der Waals surface area contributed by atoms with E-state index in [1.54, 1.807) is 14.2 Å². The number of hydrogen-bond acceptors (Lipinski definition) is 5. The minimum absolute atomic E-state index is 0.614. The Morgan fingerprint density at radius 1 is 1.19 bits per heavy atom. The van der Waals surface area contributed by atoms with E-state index in [4.69, 9.17) is 24.3 Å². The van der Waals surface area contributed by atoms with Crippen molar-refractivity contribution in [3.05, 3.63) is 24.0 Å². The predicted molar refractivity (Wildman–Crippen MR) is 103 cm³/mol. The maximum absolute atomic E-state index is 5.52. The predicted octanol–water partition coefficient (Wildman–Crippen LogP) is 3.43. The van der Waals surface area contributed by atoms with Crippen molar-refractivity contribution >= 4 is 10.9 Å². The van der Waals surface area contributed by atoms with Crippen molar-refractivity contribution in [2.75, 3.05) is 27.4 Å². The average molecular weight is 370 g/mol. The molecule has 1 aliphatic rings. The summed E-state index contributed by atoms with van der Waals surface area (Å²) in [6.45, 7) is 3.98. The molecule has 0 bridgehead atoms. The van der Waals surface area contributed by atoms with Crippen LogP contribution < -0.4 is 9.47 Å². The molecule has 0 saturated heterocycles. The van der Waals surface area contributed by atoms with Crippen LogP contribution in [0.15, 0.2) is 18.2 Å². The SMILES string of the molecule is CCOCCn1nc(CC2CC2)nc1-c1cc2c(OC)ccc(OC)c2[nH]1. The molecular weight excluding hydrogens is 344 g/mol. The lowest BCUT2D eigenvalue weighted by Gasteiger charge is -2.05. The van der Waals surface area contributed by atoms with Gasteiger partial charge in [0.05, 0.1) is 38.6 Å². The minimum atomic E-state index is 0.614. The monoisotopic (exact) mass is 370 g/mol. The van der Waals surface area contributed by atoms with Crippen LogP contribution in [0, 0.1) is 5.92 Å². The highest BCUT2D eigenvalue weighted by atomic mass is 16.5. The second-order valence-corrected chi connectivity index (χ2v) is 6.86. The molecule has 1 saturated carbocycles. The zero-order valence-corrected chi connectivity index (χ0v) is 16.1. The van der Waals surface area contributed by atoms with Crippen molar-refractivity contribution in [2.45, 2.75) is 32.7 Å². The maximum atomic E-state index is 5.52. The quantitative estimate of drug-likeness (QED) is 0.584. The van der Waals surface area contributed by atoms with Crippen molar-refractivity contribution in [2.24, 2.45) is 5.92 Å². The molecule has 1 aliphatic carbocycles. The van der Waals surface area contributed by atoms with Crippen LogP contribution in [0.5, 0.6) is 11.5 Å². The van der Waals surface area contributed by atoms with Crippen molar-refractivity contribution in [1.82, 2.24) is 19.7 Å². The summed E-state index contributed by atoms with van der Waals surface area (Å²) in [6.07, 6.45) is 3.51. The summed E-state index contributed by atoms with van der Waals surface area (Å²) in [5.41, 5.74) is 1.80. The lowest BCUT2D eigenvalue weighted by molar-refractivity contribution is 0.136. The third kappa shape index (κ3) is 3.64. The maximum Gasteiger partial charge on any atom is 0.174 e. The Balaban J connectivity index is 1.75. The van der Waals surface area contributed by atoms with Gasteiger partial charge < -0.3 is 19.2 Å². The van der Waals surface area contributed by atoms with E-state index in [-0.39, 0.29) is 0 Å². The molecule has 0 amide bonds. The molecule has 0 aliphatic heterocycles. The van der Waals surface area contributed by atoms with Crippen molar-refractivity contribution in [3.63, 3.8) is 0 Å². The first-order chi connectivity index (χ1) is 13.2. The van der Waals surface area contributed by atoms with Gasteiger partial charge in [-0.1, -0.05) is 0 Å². The first-order valence-electron chi connectivity index (χ1n) is 9.49. The Bertz CT molecular complexity index is 886. The highest BCUT2D eigenvalue weighted by Crippen LogP contribution is 2.36. The summed E-state index contributed by atoms with van der Waals surface area (Å²) in [5, 5.41) is 5.70. The molecule has 4 rings (SSSR count). The molecule has 1 N–H and O–H groups in total. The second kappa shape index (κ2) is 7.60. The molecule has 144 valence electrons. The van der Waals surface area contributed by atoms with Crippen LogP contribution in [-0.4, -0.2) is 47.2 Å². The van der Waals surface area contributed by atoms with E-state index in [1.165, 1.54) is 12.8 Å². The molecule has 2 heterocycles. The minimum Gasteiger partial charge on any atom is -0.496 e. The highest BCUT2D eigenvalue weighted by molar-refractivity contribution is 5.94. The van der Waals surface area contributed by atoms with E-state index in [2.05, 4.69) is 11.1 Å². The summed E-state index contributed by atoms with van der Waals surface area (Å²) in [4.78, 5) is 8.28. The molecule has 0 unspecified atom stereocenters. The van der Waals surface area contributed by atoms with Gasteiger partial charge in [0.15, 0.2) is 11.6 Å². The summed E-state index contributed by atoms with van der Waals surface area (Å²) >= 11 is 0. The first-order valence-corrected chi connectivity index (χ1v) is 9.49. The lowest BCUT2D eigenvalue weighted by Crippen LogP contribution is -2.09. The van der Waals surface area contributed by atoms with Crippen LogP contribution in [0.25, 0.3) is 22.4 Å². The second-order valence-electron chi connectivity index (χ2n) is 6.86. The Hall–Kier alpha value is -2.54. The summed E-state index contributed by atoms with van der Waals surface area (Å²) in [5.74, 6) is 4.04. The third-order valence-electron chi connectivity index (χ3n) is 4.93. The number of benzene rings is 1. The summed E-state index contributed by atoms with van der Waals surface area (Å²) in [7, 11) is 3.34. The van der Waals surface area contributed by atoms with Gasteiger partial charge in [0.1, 0.15) is 11.5 Å². The Morgan fingerprint density at radius 3 is 2.67 bits per heavy atom. The molecule has 27 heavy (non-hydrogen) atoms. The van der Waals surface area contributed by atoms with Crippen LogP contribution in [0.3, 0.4) is 0 Å². The van der Waals surface area contributed by atoms with E-state index >= 15 is 0 Å². The largest absolute Gasteiger partial charge is 0.496 e. The van der Waals surface area contributed by atoms with E-state index in [0.29, 0.717) is 19.8 Å². The van der Waals surface area contributed by atoms with E-state index in [9.17, 15) is 0 Å². The number of nitrogens with one attached hydrogen (secondary N) is 1. The number of aromatic nitrogens is 4. The van der Waals surface area contributed by atoms with Gasteiger partial charge in [0.2, 0.25) is 0 Å². The third-order valence-corrected chi connectivity index (χ3v) is 4.93. The number of hydrogen-bond donors (Lipinski definition) is 1. The van der Waals surface area contributed by atoms with Crippen LogP contribution in [-0.2, 0) is 17.7 Å². The van der Waals surface area contributed by atoms with Crippen molar-refractivity contribution in [1.29, 1.82) is 0 Å². The summed E-state index contributed by atoms with van der Waals surface area (Å²) in [6, 6.07) is 5.87. The van der Waals surface area contributed by atoms with Gasteiger partial charge in [-0.25, -0.2) is 9.67 Å². The van der Waals surface area contributed by atoms with Crippen LogP contribution in [0.2, 0.25) is 0 Å². The van der Waals surface area contributed by atoms with Crippen LogP contribution in [0.1, 0.15) is 25.6 Å². The topological polar surface area (TPSA) is 74.2 Å². The molecule has 1 aromatic carbocycles. The fraction of sp³-hybridized carbons (Fsp3) is 0.500. The number of methoxy groups -OCH3 is 2. The van der Waals surface area contributed by atoms with Gasteiger partial charge >= 0.3 is 0 Å². The molecule has 0 spiro atoms. The Kier molecular flexibility index (Phi) is 5.03. The lowest BCUT2D eigenvalue weighted by atomic mass is 10.2.